The SMILES string of the molecule is COCC1CCCN(C(=O)NCC(C)(C)c2ccccc2C)C1. The van der Waals surface area contributed by atoms with Crippen LogP contribution in [0.2, 0.25) is 0 Å². The average molecular weight is 318 g/mol. The average Bonchev–Trinajstić information content (AvgIpc) is 2.53. The first-order valence-electron chi connectivity index (χ1n) is 8.52. The van der Waals surface area contributed by atoms with Crippen LogP contribution in [0.3, 0.4) is 0 Å². The van der Waals surface area contributed by atoms with E-state index in [9.17, 15) is 4.79 Å². The Morgan fingerprint density at radius 1 is 1.39 bits per heavy atom. The first kappa shape index (κ1) is 17.8. The second kappa shape index (κ2) is 7.82. The van der Waals surface area contributed by atoms with E-state index in [0.29, 0.717) is 12.5 Å². The van der Waals surface area contributed by atoms with Crippen molar-refractivity contribution < 1.29 is 9.53 Å². The summed E-state index contributed by atoms with van der Waals surface area (Å²) in [5, 5.41) is 3.13. The van der Waals surface area contributed by atoms with Gasteiger partial charge in [0.15, 0.2) is 0 Å². The Labute approximate surface area is 140 Å². The number of nitrogens with one attached hydrogen (secondary N) is 1. The smallest absolute Gasteiger partial charge is 0.317 e. The van der Waals surface area contributed by atoms with E-state index in [1.54, 1.807) is 7.11 Å². The fraction of sp³-hybridized carbons (Fsp3) is 0.632. The van der Waals surface area contributed by atoms with Crippen LogP contribution in [0.5, 0.6) is 0 Å². The number of likely N-dealkylation sites (tertiary alicyclic amines) is 1. The Morgan fingerprint density at radius 3 is 2.83 bits per heavy atom. The lowest BCUT2D eigenvalue weighted by Crippen LogP contribution is -2.49. The van der Waals surface area contributed by atoms with E-state index in [1.807, 2.05) is 4.90 Å². The molecule has 1 aliphatic heterocycles. The van der Waals surface area contributed by atoms with Gasteiger partial charge in [0.2, 0.25) is 0 Å². The van der Waals surface area contributed by atoms with Crippen LogP contribution >= 0.6 is 0 Å². The van der Waals surface area contributed by atoms with Gasteiger partial charge in [-0.25, -0.2) is 4.79 Å². The molecule has 1 saturated heterocycles. The van der Waals surface area contributed by atoms with E-state index in [1.165, 1.54) is 11.1 Å². The Morgan fingerprint density at radius 2 is 2.13 bits per heavy atom. The van der Waals surface area contributed by atoms with Gasteiger partial charge in [0.25, 0.3) is 0 Å². The van der Waals surface area contributed by atoms with E-state index in [-0.39, 0.29) is 11.4 Å². The summed E-state index contributed by atoms with van der Waals surface area (Å²) in [5.41, 5.74) is 2.48. The van der Waals surface area contributed by atoms with Gasteiger partial charge < -0.3 is 15.0 Å². The Balaban J connectivity index is 1.92. The zero-order chi connectivity index (χ0) is 16.9. The predicted octanol–water partition coefficient (Wildman–Crippen LogP) is 3.34. The second-order valence-corrected chi connectivity index (χ2v) is 7.27. The van der Waals surface area contributed by atoms with Gasteiger partial charge in [-0.05, 0) is 30.9 Å². The lowest BCUT2D eigenvalue weighted by Gasteiger charge is -2.34. The third kappa shape index (κ3) is 4.71. The van der Waals surface area contributed by atoms with Crippen molar-refractivity contribution in [1.82, 2.24) is 10.2 Å². The molecule has 4 nitrogen and oxygen atoms in total. The molecule has 1 unspecified atom stereocenters. The van der Waals surface area contributed by atoms with E-state index >= 15 is 0 Å². The summed E-state index contributed by atoms with van der Waals surface area (Å²) in [7, 11) is 1.73. The van der Waals surface area contributed by atoms with Gasteiger partial charge in [-0.2, -0.15) is 0 Å². The van der Waals surface area contributed by atoms with Crippen LogP contribution in [-0.2, 0) is 10.2 Å². The number of hydrogen-bond donors (Lipinski definition) is 1. The third-order valence-electron chi connectivity index (χ3n) is 4.76. The highest BCUT2D eigenvalue weighted by molar-refractivity contribution is 5.74. The molecule has 4 heteroatoms. The highest BCUT2D eigenvalue weighted by Gasteiger charge is 2.27. The van der Waals surface area contributed by atoms with E-state index in [4.69, 9.17) is 4.74 Å². The van der Waals surface area contributed by atoms with E-state index < -0.39 is 0 Å². The van der Waals surface area contributed by atoms with Crippen molar-refractivity contribution in [3.8, 4) is 0 Å². The van der Waals surface area contributed by atoms with Crippen LogP contribution < -0.4 is 5.32 Å². The first-order valence-corrected chi connectivity index (χ1v) is 8.52. The summed E-state index contributed by atoms with van der Waals surface area (Å²) in [5.74, 6) is 0.462. The summed E-state index contributed by atoms with van der Waals surface area (Å²) in [6, 6.07) is 8.44. The van der Waals surface area contributed by atoms with Crippen LogP contribution in [0.15, 0.2) is 24.3 Å². The number of rotatable bonds is 5. The van der Waals surface area contributed by atoms with Gasteiger partial charge in [0, 0.05) is 38.1 Å². The highest BCUT2D eigenvalue weighted by Crippen LogP contribution is 2.25. The Hall–Kier alpha value is -1.55. The first-order chi connectivity index (χ1) is 10.9. The Bertz CT molecular complexity index is 526. The molecule has 1 N–H and O–H groups in total. The highest BCUT2D eigenvalue weighted by atomic mass is 16.5. The molecule has 23 heavy (non-hydrogen) atoms. The molecule has 1 fully saturated rings. The number of piperidine rings is 1. The second-order valence-electron chi connectivity index (χ2n) is 7.27. The van der Waals surface area contributed by atoms with Crippen molar-refractivity contribution in [3.63, 3.8) is 0 Å². The summed E-state index contributed by atoms with van der Waals surface area (Å²) >= 11 is 0. The normalized spacial score (nSPS) is 18.8. The van der Waals surface area contributed by atoms with E-state index in [2.05, 4.69) is 50.4 Å². The molecule has 0 radical (unpaired) electrons. The number of nitrogens with zero attached hydrogens (tertiary/aromatic N) is 1. The summed E-state index contributed by atoms with van der Waals surface area (Å²) in [4.78, 5) is 14.4. The van der Waals surface area contributed by atoms with Crippen molar-refractivity contribution in [3.05, 3.63) is 35.4 Å². The van der Waals surface area contributed by atoms with Gasteiger partial charge in [-0.1, -0.05) is 38.1 Å². The maximum absolute atomic E-state index is 12.5. The zero-order valence-electron chi connectivity index (χ0n) is 14.9. The van der Waals surface area contributed by atoms with E-state index in [0.717, 1.165) is 32.5 Å². The number of ether oxygens (including phenoxy) is 1. The number of carbonyl (C=O) groups excluding carboxylic acids is 1. The zero-order valence-corrected chi connectivity index (χ0v) is 14.9. The molecule has 2 rings (SSSR count). The molecule has 1 aliphatic rings. The lowest BCUT2D eigenvalue weighted by molar-refractivity contribution is 0.100. The number of benzene rings is 1. The minimum Gasteiger partial charge on any atom is -0.384 e. The lowest BCUT2D eigenvalue weighted by atomic mass is 9.82. The van der Waals surface area contributed by atoms with Gasteiger partial charge in [0.05, 0.1) is 6.61 Å². The largest absolute Gasteiger partial charge is 0.384 e. The molecule has 0 saturated carbocycles. The third-order valence-corrected chi connectivity index (χ3v) is 4.76. The summed E-state index contributed by atoms with van der Waals surface area (Å²) in [6.45, 7) is 9.50. The van der Waals surface area contributed by atoms with Crippen LogP contribution in [0.1, 0.15) is 37.8 Å². The predicted molar refractivity (Wildman–Crippen MR) is 93.8 cm³/mol. The number of amides is 2. The molecule has 2 amide bonds. The molecule has 128 valence electrons. The quantitative estimate of drug-likeness (QED) is 0.904. The topological polar surface area (TPSA) is 41.6 Å². The fourth-order valence-corrected chi connectivity index (χ4v) is 3.46. The van der Waals surface area contributed by atoms with Crippen LogP contribution in [0.4, 0.5) is 4.79 Å². The number of aryl methyl sites for hydroxylation is 1. The molecule has 1 atom stereocenters. The van der Waals surface area contributed by atoms with Crippen LogP contribution in [-0.4, -0.2) is 44.3 Å². The molecule has 1 aromatic rings. The van der Waals surface area contributed by atoms with Crippen LogP contribution in [0, 0.1) is 12.8 Å². The molecular weight excluding hydrogens is 288 g/mol. The van der Waals surface area contributed by atoms with Gasteiger partial charge in [-0.15, -0.1) is 0 Å². The minimum atomic E-state index is -0.0806. The molecule has 0 bridgehead atoms. The summed E-state index contributed by atoms with van der Waals surface area (Å²) in [6.07, 6.45) is 2.20. The molecule has 0 aromatic heterocycles. The minimum absolute atomic E-state index is 0.0486. The molecule has 1 aromatic carbocycles. The van der Waals surface area contributed by atoms with Crippen LogP contribution in [0.25, 0.3) is 0 Å². The van der Waals surface area contributed by atoms with Gasteiger partial charge in [0.1, 0.15) is 0 Å². The van der Waals surface area contributed by atoms with Crippen molar-refractivity contribution in [2.24, 2.45) is 5.92 Å². The summed E-state index contributed by atoms with van der Waals surface area (Å²) < 4.78 is 5.24. The number of methoxy groups -OCH3 is 1. The number of urea groups is 1. The standard InChI is InChI=1S/C19H30N2O2/c1-15-8-5-6-10-17(15)19(2,3)14-20-18(22)21-11-7-9-16(12-21)13-23-4/h5-6,8,10,16H,7,9,11-14H2,1-4H3,(H,20,22). The molecule has 1 heterocycles. The van der Waals surface area contributed by atoms with Crippen molar-refractivity contribution in [2.45, 2.75) is 39.0 Å². The fourth-order valence-electron chi connectivity index (χ4n) is 3.46. The number of carbonyl (C=O) groups is 1. The molecule has 0 aliphatic carbocycles. The van der Waals surface area contributed by atoms with Crippen molar-refractivity contribution in [2.75, 3.05) is 33.4 Å². The van der Waals surface area contributed by atoms with Crippen molar-refractivity contribution in [1.29, 1.82) is 0 Å². The molecular formula is C19H30N2O2. The number of hydrogen-bond acceptors (Lipinski definition) is 2. The van der Waals surface area contributed by atoms with Crippen molar-refractivity contribution >= 4 is 6.03 Å². The van der Waals surface area contributed by atoms with Gasteiger partial charge in [-0.3, -0.25) is 0 Å². The van der Waals surface area contributed by atoms with Gasteiger partial charge >= 0.3 is 6.03 Å². The Kier molecular flexibility index (Phi) is 6.05. The molecule has 0 spiro atoms. The maximum atomic E-state index is 12.5. The maximum Gasteiger partial charge on any atom is 0.317 e. The monoisotopic (exact) mass is 318 g/mol.